The highest BCUT2D eigenvalue weighted by molar-refractivity contribution is 5.62. The molecule has 0 saturated carbocycles. The number of anilines is 1. The lowest BCUT2D eigenvalue weighted by atomic mass is 10.1. The van der Waals surface area contributed by atoms with E-state index in [1.807, 2.05) is 42.3 Å². The van der Waals surface area contributed by atoms with Crippen LogP contribution in [0, 0.1) is 0 Å². The molecule has 1 N–H and O–H groups in total. The summed E-state index contributed by atoms with van der Waals surface area (Å²) in [7, 11) is 1.90. The van der Waals surface area contributed by atoms with Gasteiger partial charge in [-0.1, -0.05) is 0 Å². The summed E-state index contributed by atoms with van der Waals surface area (Å²) in [6.45, 7) is 1.62. The topological polar surface area (TPSA) is 69.3 Å². The Hall–Kier alpha value is -2.41. The molecule has 0 bridgehead atoms. The van der Waals surface area contributed by atoms with Crippen LogP contribution in [-0.4, -0.2) is 43.6 Å². The molecule has 3 aromatic heterocycles. The van der Waals surface area contributed by atoms with Crippen LogP contribution in [0.3, 0.4) is 0 Å². The molecule has 0 aliphatic carbocycles. The van der Waals surface area contributed by atoms with Crippen LogP contribution in [0.2, 0.25) is 0 Å². The largest absolute Gasteiger partial charge is 0.381 e. The standard InChI is InChI=1S/C15H18N6O/c1-20-10-11(8-17-20)13-9-16-15-3-2-14(19-21(13)15)18-12-4-6-22-7-5-12/h2-3,8-10,12H,4-7H2,1H3,(H,18,19). The molecule has 1 aliphatic rings. The number of nitrogens with zero attached hydrogens (tertiary/aromatic N) is 5. The fourth-order valence-corrected chi connectivity index (χ4v) is 2.75. The van der Waals surface area contributed by atoms with Crippen molar-refractivity contribution in [3.8, 4) is 11.3 Å². The van der Waals surface area contributed by atoms with E-state index in [0.717, 1.165) is 48.8 Å². The quantitative estimate of drug-likeness (QED) is 0.797. The zero-order valence-electron chi connectivity index (χ0n) is 12.4. The van der Waals surface area contributed by atoms with Gasteiger partial charge >= 0.3 is 0 Å². The van der Waals surface area contributed by atoms with Crippen molar-refractivity contribution >= 4 is 11.5 Å². The Bertz CT molecular complexity index is 786. The van der Waals surface area contributed by atoms with Gasteiger partial charge in [-0.05, 0) is 25.0 Å². The van der Waals surface area contributed by atoms with Crippen LogP contribution < -0.4 is 5.32 Å². The number of imidazole rings is 1. The SMILES string of the molecule is Cn1cc(-c2cnc3ccc(NC4CCOCC4)nn23)cn1. The van der Waals surface area contributed by atoms with Gasteiger partial charge < -0.3 is 10.1 Å². The summed E-state index contributed by atoms with van der Waals surface area (Å²) >= 11 is 0. The van der Waals surface area contributed by atoms with Crippen molar-refractivity contribution in [2.24, 2.45) is 7.05 Å². The molecule has 114 valence electrons. The van der Waals surface area contributed by atoms with Crippen LogP contribution in [0.1, 0.15) is 12.8 Å². The van der Waals surface area contributed by atoms with Crippen LogP contribution in [0.25, 0.3) is 16.9 Å². The third-order valence-corrected chi connectivity index (χ3v) is 3.94. The Balaban J connectivity index is 1.67. The molecule has 0 aromatic carbocycles. The number of aryl methyl sites for hydroxylation is 1. The maximum atomic E-state index is 5.39. The molecule has 7 nitrogen and oxygen atoms in total. The van der Waals surface area contributed by atoms with Crippen molar-refractivity contribution in [1.29, 1.82) is 0 Å². The molecule has 7 heteroatoms. The highest BCUT2D eigenvalue weighted by Crippen LogP contribution is 2.21. The summed E-state index contributed by atoms with van der Waals surface area (Å²) in [5.41, 5.74) is 2.78. The van der Waals surface area contributed by atoms with Crippen molar-refractivity contribution in [2.75, 3.05) is 18.5 Å². The van der Waals surface area contributed by atoms with Gasteiger partial charge in [0.05, 0.1) is 18.1 Å². The van der Waals surface area contributed by atoms with Gasteiger partial charge in [-0.3, -0.25) is 4.68 Å². The van der Waals surface area contributed by atoms with Crippen LogP contribution >= 0.6 is 0 Å². The van der Waals surface area contributed by atoms with Crippen molar-refractivity contribution in [1.82, 2.24) is 24.4 Å². The summed E-state index contributed by atoms with van der Waals surface area (Å²) in [6, 6.07) is 4.38. The maximum absolute atomic E-state index is 5.39. The zero-order valence-corrected chi connectivity index (χ0v) is 12.4. The Labute approximate surface area is 127 Å². The molecule has 0 radical (unpaired) electrons. The van der Waals surface area contributed by atoms with E-state index in [4.69, 9.17) is 4.74 Å². The lowest BCUT2D eigenvalue weighted by Crippen LogP contribution is -2.28. The average molecular weight is 298 g/mol. The molecule has 1 aliphatic heterocycles. The van der Waals surface area contributed by atoms with E-state index in [-0.39, 0.29) is 0 Å². The summed E-state index contributed by atoms with van der Waals surface area (Å²) in [5, 5.41) is 12.4. The Morgan fingerprint density at radius 3 is 2.86 bits per heavy atom. The first-order valence-electron chi connectivity index (χ1n) is 7.48. The smallest absolute Gasteiger partial charge is 0.154 e. The van der Waals surface area contributed by atoms with Gasteiger partial charge in [-0.15, -0.1) is 5.10 Å². The Morgan fingerprint density at radius 1 is 1.23 bits per heavy atom. The lowest BCUT2D eigenvalue weighted by molar-refractivity contribution is 0.0903. The third-order valence-electron chi connectivity index (χ3n) is 3.94. The van der Waals surface area contributed by atoms with E-state index in [0.29, 0.717) is 6.04 Å². The van der Waals surface area contributed by atoms with Gasteiger partial charge in [0.15, 0.2) is 5.65 Å². The molecular formula is C15H18N6O. The first-order valence-corrected chi connectivity index (χ1v) is 7.48. The van der Waals surface area contributed by atoms with E-state index in [1.54, 1.807) is 4.68 Å². The van der Waals surface area contributed by atoms with Crippen molar-refractivity contribution in [3.05, 3.63) is 30.7 Å². The normalized spacial score (nSPS) is 16.2. The number of rotatable bonds is 3. The second kappa shape index (κ2) is 5.42. The van der Waals surface area contributed by atoms with E-state index < -0.39 is 0 Å². The molecule has 1 fully saturated rings. The zero-order chi connectivity index (χ0) is 14.9. The van der Waals surface area contributed by atoms with Gasteiger partial charge in [0.2, 0.25) is 0 Å². The lowest BCUT2D eigenvalue weighted by Gasteiger charge is -2.23. The second-order valence-electron chi connectivity index (χ2n) is 5.57. The summed E-state index contributed by atoms with van der Waals surface area (Å²) < 4.78 is 9.03. The van der Waals surface area contributed by atoms with Crippen molar-refractivity contribution in [3.63, 3.8) is 0 Å². The minimum atomic E-state index is 0.420. The fourth-order valence-electron chi connectivity index (χ4n) is 2.75. The number of nitrogens with one attached hydrogen (secondary N) is 1. The highest BCUT2D eigenvalue weighted by Gasteiger charge is 2.15. The third kappa shape index (κ3) is 2.43. The number of hydrogen-bond acceptors (Lipinski definition) is 5. The van der Waals surface area contributed by atoms with Gasteiger partial charge in [0, 0.05) is 38.1 Å². The summed E-state index contributed by atoms with van der Waals surface area (Å²) in [4.78, 5) is 4.41. The van der Waals surface area contributed by atoms with Gasteiger partial charge in [0.1, 0.15) is 5.82 Å². The van der Waals surface area contributed by atoms with Crippen LogP contribution in [0.5, 0.6) is 0 Å². The minimum absolute atomic E-state index is 0.420. The van der Waals surface area contributed by atoms with E-state index in [1.165, 1.54) is 0 Å². The molecule has 0 atom stereocenters. The average Bonchev–Trinajstić information content (AvgIpc) is 3.14. The first-order chi connectivity index (χ1) is 10.8. The Morgan fingerprint density at radius 2 is 2.09 bits per heavy atom. The monoisotopic (exact) mass is 298 g/mol. The molecule has 0 unspecified atom stereocenters. The summed E-state index contributed by atoms with van der Waals surface area (Å²) in [6.07, 6.45) is 7.64. The van der Waals surface area contributed by atoms with Gasteiger partial charge in [0.25, 0.3) is 0 Å². The molecule has 1 saturated heterocycles. The van der Waals surface area contributed by atoms with Crippen LogP contribution in [0.15, 0.2) is 30.7 Å². The first kappa shape index (κ1) is 13.3. The molecule has 0 amide bonds. The number of hydrogen-bond donors (Lipinski definition) is 1. The number of aromatic nitrogens is 5. The van der Waals surface area contributed by atoms with E-state index in [9.17, 15) is 0 Å². The molecule has 0 spiro atoms. The predicted octanol–water partition coefficient (Wildman–Crippen LogP) is 1.72. The molecule has 4 heterocycles. The van der Waals surface area contributed by atoms with E-state index in [2.05, 4.69) is 20.5 Å². The highest BCUT2D eigenvalue weighted by atomic mass is 16.5. The Kier molecular flexibility index (Phi) is 3.27. The maximum Gasteiger partial charge on any atom is 0.154 e. The number of ether oxygens (including phenoxy) is 1. The van der Waals surface area contributed by atoms with Crippen LogP contribution in [0.4, 0.5) is 5.82 Å². The van der Waals surface area contributed by atoms with Gasteiger partial charge in [-0.25, -0.2) is 9.50 Å². The summed E-state index contributed by atoms with van der Waals surface area (Å²) in [5.74, 6) is 0.863. The molecule has 3 aromatic rings. The van der Waals surface area contributed by atoms with Crippen LogP contribution in [-0.2, 0) is 11.8 Å². The molecule has 4 rings (SSSR count). The second-order valence-corrected chi connectivity index (χ2v) is 5.57. The minimum Gasteiger partial charge on any atom is -0.381 e. The molecule has 22 heavy (non-hydrogen) atoms. The molecular weight excluding hydrogens is 280 g/mol. The van der Waals surface area contributed by atoms with E-state index >= 15 is 0 Å². The number of fused-ring (bicyclic) bond motifs is 1. The van der Waals surface area contributed by atoms with Crippen molar-refractivity contribution in [2.45, 2.75) is 18.9 Å². The predicted molar refractivity (Wildman–Crippen MR) is 82.7 cm³/mol. The van der Waals surface area contributed by atoms with Gasteiger partial charge in [-0.2, -0.15) is 5.10 Å². The fraction of sp³-hybridized carbons (Fsp3) is 0.400. The van der Waals surface area contributed by atoms with Crippen molar-refractivity contribution < 1.29 is 4.74 Å².